The smallest absolute Gasteiger partial charge is 0.212 e. The quantitative estimate of drug-likeness (QED) is 0.788. The maximum atomic E-state index is 11.1. The number of rotatable bonds is 3. The summed E-state index contributed by atoms with van der Waals surface area (Å²) in [5.74, 6) is 0.0810. The van der Waals surface area contributed by atoms with Gasteiger partial charge in [-0.05, 0) is 53.9 Å². The Morgan fingerprint density at radius 2 is 1.56 bits per heavy atom. The van der Waals surface area contributed by atoms with E-state index in [9.17, 15) is 8.42 Å². The first-order valence-electron chi connectivity index (χ1n) is 5.61. The third kappa shape index (κ3) is 2.05. The van der Waals surface area contributed by atoms with Crippen molar-refractivity contribution in [1.82, 2.24) is 0 Å². The van der Waals surface area contributed by atoms with Crippen LogP contribution in [0.1, 0.15) is 24.8 Å². The van der Waals surface area contributed by atoms with Gasteiger partial charge in [0, 0.05) is 20.7 Å². The van der Waals surface area contributed by atoms with Crippen LogP contribution in [0.4, 0.5) is 0 Å². The third-order valence-electron chi connectivity index (χ3n) is 4.09. The van der Waals surface area contributed by atoms with Crippen LogP contribution in [-0.4, -0.2) is 14.2 Å². The van der Waals surface area contributed by atoms with E-state index >= 15 is 0 Å². The van der Waals surface area contributed by atoms with Gasteiger partial charge in [-0.3, -0.25) is 0 Å². The van der Waals surface area contributed by atoms with Crippen LogP contribution in [0.3, 0.4) is 0 Å². The molecule has 1 aromatic carbocycles. The zero-order valence-corrected chi connectivity index (χ0v) is 12.5. The Morgan fingerprint density at radius 1 is 1.06 bits per heavy atom. The maximum Gasteiger partial charge on any atom is 0.233 e. The van der Waals surface area contributed by atoms with Crippen LogP contribution in [0.2, 0.25) is 10.0 Å². The molecule has 0 atom stereocenters. The molecule has 3 fully saturated rings. The Bertz CT molecular complexity index is 584. The molecule has 0 unspecified atom stereocenters. The zero-order valence-electron chi connectivity index (χ0n) is 9.42. The van der Waals surface area contributed by atoms with Crippen molar-refractivity contribution in [3.8, 4) is 0 Å². The minimum Gasteiger partial charge on any atom is -0.212 e. The van der Waals surface area contributed by atoms with E-state index in [0.717, 1.165) is 24.8 Å². The molecule has 2 nitrogen and oxygen atoms in total. The Balaban J connectivity index is 1.80. The van der Waals surface area contributed by atoms with Gasteiger partial charge in [0.25, 0.3) is 0 Å². The Kier molecular flexibility index (Phi) is 2.74. The molecule has 0 aromatic heterocycles. The van der Waals surface area contributed by atoms with Crippen molar-refractivity contribution in [1.29, 1.82) is 0 Å². The van der Waals surface area contributed by atoms with Gasteiger partial charge in [0.05, 0.1) is 5.75 Å². The minimum atomic E-state index is -3.41. The summed E-state index contributed by atoms with van der Waals surface area (Å²) >= 11 is 12.0. The molecule has 0 saturated heterocycles. The van der Waals surface area contributed by atoms with Gasteiger partial charge in [0.2, 0.25) is 9.05 Å². The predicted molar refractivity (Wildman–Crippen MR) is 74.1 cm³/mol. The maximum absolute atomic E-state index is 11.1. The molecular weight excluding hydrogens is 315 g/mol. The van der Waals surface area contributed by atoms with Gasteiger partial charge in [0.15, 0.2) is 0 Å². The highest BCUT2D eigenvalue weighted by Crippen LogP contribution is 2.74. The monoisotopic (exact) mass is 324 g/mol. The zero-order chi connectivity index (χ0) is 13.2. The summed E-state index contributed by atoms with van der Waals surface area (Å²) in [4.78, 5) is 0. The van der Waals surface area contributed by atoms with Gasteiger partial charge in [-0.2, -0.15) is 0 Å². The molecule has 3 saturated carbocycles. The lowest BCUT2D eigenvalue weighted by Crippen LogP contribution is -2.66. The molecule has 0 spiro atoms. The normalized spacial score (nSPS) is 33.7. The summed E-state index contributed by atoms with van der Waals surface area (Å²) in [7, 11) is 1.92. The molecule has 3 aliphatic carbocycles. The second-order valence-corrected chi connectivity index (χ2v) is 9.30. The first-order valence-corrected chi connectivity index (χ1v) is 8.85. The molecule has 0 aliphatic heterocycles. The highest BCUT2D eigenvalue weighted by Gasteiger charge is 2.69. The molecule has 0 N–H and O–H groups in total. The van der Waals surface area contributed by atoms with Gasteiger partial charge < -0.3 is 0 Å². The van der Waals surface area contributed by atoms with E-state index in [4.69, 9.17) is 33.9 Å². The van der Waals surface area contributed by atoms with Crippen molar-refractivity contribution in [2.75, 3.05) is 5.75 Å². The van der Waals surface area contributed by atoms with Crippen molar-refractivity contribution < 1.29 is 8.42 Å². The average molecular weight is 326 g/mol. The van der Waals surface area contributed by atoms with E-state index < -0.39 is 9.05 Å². The van der Waals surface area contributed by atoms with E-state index in [1.54, 1.807) is 6.07 Å². The second-order valence-electron chi connectivity index (χ2n) is 5.65. The largest absolute Gasteiger partial charge is 0.233 e. The molecule has 18 heavy (non-hydrogen) atoms. The van der Waals surface area contributed by atoms with Crippen LogP contribution >= 0.6 is 33.9 Å². The Morgan fingerprint density at radius 3 is 2.00 bits per heavy atom. The van der Waals surface area contributed by atoms with Crippen LogP contribution in [0.15, 0.2) is 18.2 Å². The summed E-state index contributed by atoms with van der Waals surface area (Å²) in [5, 5.41) is 1.25. The summed E-state index contributed by atoms with van der Waals surface area (Å²) in [5.41, 5.74) is 1.10. The van der Waals surface area contributed by atoms with Crippen molar-refractivity contribution in [2.24, 2.45) is 5.41 Å². The van der Waals surface area contributed by atoms with E-state index in [-0.39, 0.29) is 16.6 Å². The van der Waals surface area contributed by atoms with Crippen LogP contribution in [0.5, 0.6) is 0 Å². The fourth-order valence-electron chi connectivity index (χ4n) is 3.68. The summed E-state index contributed by atoms with van der Waals surface area (Å²) in [6, 6.07) is 5.55. The lowest BCUT2D eigenvalue weighted by atomic mass is 9.34. The molecule has 3 aliphatic rings. The number of halogens is 3. The lowest BCUT2D eigenvalue weighted by Gasteiger charge is -2.71. The topological polar surface area (TPSA) is 34.1 Å². The molecule has 4 rings (SSSR count). The molecular formula is C12H11Cl3O2S. The number of benzene rings is 1. The van der Waals surface area contributed by atoms with Gasteiger partial charge in [0.1, 0.15) is 0 Å². The van der Waals surface area contributed by atoms with Crippen molar-refractivity contribution in [2.45, 2.75) is 24.7 Å². The van der Waals surface area contributed by atoms with E-state index in [0.29, 0.717) is 10.0 Å². The Hall–Kier alpha value is 0.0400. The van der Waals surface area contributed by atoms with Gasteiger partial charge in [-0.15, -0.1) is 0 Å². The highest BCUT2D eigenvalue weighted by molar-refractivity contribution is 8.13. The fraction of sp³-hybridized carbons (Fsp3) is 0.500. The van der Waals surface area contributed by atoms with Crippen LogP contribution in [0, 0.1) is 5.41 Å². The van der Waals surface area contributed by atoms with E-state index in [2.05, 4.69) is 0 Å². The summed E-state index contributed by atoms with van der Waals surface area (Å²) in [6.45, 7) is 0. The molecule has 6 heteroatoms. The molecule has 0 heterocycles. The van der Waals surface area contributed by atoms with Gasteiger partial charge in [-0.25, -0.2) is 8.42 Å². The summed E-state index contributed by atoms with van der Waals surface area (Å²) in [6.07, 6.45) is 2.59. The van der Waals surface area contributed by atoms with Crippen molar-refractivity contribution in [3.63, 3.8) is 0 Å². The fourth-order valence-corrected chi connectivity index (χ4v) is 5.94. The van der Waals surface area contributed by atoms with Crippen molar-refractivity contribution >= 4 is 42.9 Å². The van der Waals surface area contributed by atoms with Crippen LogP contribution in [-0.2, 0) is 14.5 Å². The van der Waals surface area contributed by atoms with Gasteiger partial charge >= 0.3 is 0 Å². The second kappa shape index (κ2) is 3.78. The minimum absolute atomic E-state index is 0.0795. The average Bonchev–Trinajstić information content (AvgIpc) is 2.05. The molecule has 0 radical (unpaired) electrons. The Labute approximate surface area is 121 Å². The standard InChI is InChI=1S/C12H11Cl3O2S/c13-9-1-8(2-10(14)3-9)12-4-11(5-12,6-12)7-18(15,16)17/h1-3H,4-7H2. The van der Waals surface area contributed by atoms with Crippen LogP contribution in [0.25, 0.3) is 0 Å². The first-order chi connectivity index (χ1) is 8.22. The molecule has 1 aromatic rings. The van der Waals surface area contributed by atoms with Crippen molar-refractivity contribution in [3.05, 3.63) is 33.8 Å². The van der Waals surface area contributed by atoms with Crippen LogP contribution < -0.4 is 0 Å². The molecule has 98 valence electrons. The third-order valence-corrected chi connectivity index (χ3v) is 5.81. The SMILES string of the molecule is O=S(=O)(Cl)CC12CC(c3cc(Cl)cc(Cl)c3)(C1)C2. The molecule has 2 bridgehead atoms. The van der Waals surface area contributed by atoms with E-state index in [1.807, 2.05) is 12.1 Å². The number of hydrogen-bond acceptors (Lipinski definition) is 2. The van der Waals surface area contributed by atoms with Gasteiger partial charge in [-0.1, -0.05) is 23.2 Å². The predicted octanol–water partition coefficient (Wildman–Crippen LogP) is 3.98. The lowest BCUT2D eigenvalue weighted by molar-refractivity contribution is -0.122. The first kappa shape index (κ1) is 13.0. The van der Waals surface area contributed by atoms with E-state index in [1.165, 1.54) is 0 Å². The number of hydrogen-bond donors (Lipinski definition) is 0. The highest BCUT2D eigenvalue weighted by atomic mass is 35.7. The summed E-state index contributed by atoms with van der Waals surface area (Å²) < 4.78 is 22.3. The molecule has 0 amide bonds.